The van der Waals surface area contributed by atoms with Crippen LogP contribution in [0.25, 0.3) is 0 Å². The van der Waals surface area contributed by atoms with Crippen molar-refractivity contribution in [3.8, 4) is 0 Å². The zero-order chi connectivity index (χ0) is 9.90. The summed E-state index contributed by atoms with van der Waals surface area (Å²) in [6.45, 7) is 5.99. The van der Waals surface area contributed by atoms with Crippen LogP contribution in [0.15, 0.2) is 24.3 Å². The van der Waals surface area contributed by atoms with Crippen LogP contribution in [0.2, 0.25) is 0 Å². The predicted octanol–water partition coefficient (Wildman–Crippen LogP) is 3.02. The smallest absolute Gasteiger partial charge is 0.112 e. The molecule has 0 amide bonds. The third kappa shape index (κ3) is 2.70. The van der Waals surface area contributed by atoms with E-state index in [0.29, 0.717) is 0 Å². The highest BCUT2D eigenvalue weighted by atomic mass is 31.2. The van der Waals surface area contributed by atoms with E-state index in [2.05, 4.69) is 6.92 Å². The van der Waals surface area contributed by atoms with Gasteiger partial charge in [-0.25, -0.2) is 0 Å². The summed E-state index contributed by atoms with van der Waals surface area (Å²) in [6.07, 6.45) is 1.80. The zero-order valence-electron chi connectivity index (χ0n) is 8.58. The van der Waals surface area contributed by atoms with Gasteiger partial charge in [-0.2, -0.15) is 0 Å². The Bertz CT molecular complexity index is 331. The van der Waals surface area contributed by atoms with Gasteiger partial charge in [0.15, 0.2) is 0 Å². The number of aryl methyl sites for hydroxylation is 1. The topological polar surface area (TPSA) is 17.1 Å². The lowest BCUT2D eigenvalue weighted by Crippen LogP contribution is -2.06. The Labute approximate surface area is 80.5 Å². The number of hydrogen-bond acceptors (Lipinski definition) is 1. The van der Waals surface area contributed by atoms with Gasteiger partial charge < -0.3 is 4.57 Å². The van der Waals surface area contributed by atoms with Gasteiger partial charge in [0.1, 0.15) is 7.14 Å². The summed E-state index contributed by atoms with van der Waals surface area (Å²) in [7, 11) is -2.07. The fourth-order valence-corrected chi connectivity index (χ4v) is 3.47. The molecule has 0 radical (unpaired) electrons. The standard InChI is InChI=1S/C11H17OP/c1-4-8-13(3,12)11-7-5-6-10(2)9-11/h5-7,9H,4,8H2,1-3H3. The van der Waals surface area contributed by atoms with Crippen LogP contribution in [0, 0.1) is 6.92 Å². The van der Waals surface area contributed by atoms with E-state index in [1.165, 1.54) is 5.56 Å². The molecule has 0 fully saturated rings. The highest BCUT2D eigenvalue weighted by Gasteiger charge is 2.16. The minimum absolute atomic E-state index is 0.816. The van der Waals surface area contributed by atoms with Gasteiger partial charge in [-0.1, -0.05) is 30.7 Å². The first-order valence-corrected chi connectivity index (χ1v) is 7.04. The fourth-order valence-electron chi connectivity index (χ4n) is 1.48. The van der Waals surface area contributed by atoms with Gasteiger partial charge >= 0.3 is 0 Å². The van der Waals surface area contributed by atoms with Gasteiger partial charge in [0.2, 0.25) is 0 Å². The Morgan fingerprint density at radius 3 is 2.62 bits per heavy atom. The molecule has 0 heterocycles. The second-order valence-electron chi connectivity index (χ2n) is 3.66. The van der Waals surface area contributed by atoms with Gasteiger partial charge in [-0.05, 0) is 26.1 Å². The molecule has 0 saturated carbocycles. The van der Waals surface area contributed by atoms with Crippen LogP contribution in [0.1, 0.15) is 18.9 Å². The molecular weight excluding hydrogens is 179 g/mol. The number of benzene rings is 1. The molecule has 13 heavy (non-hydrogen) atoms. The molecule has 1 aromatic carbocycles. The largest absolute Gasteiger partial charge is 0.319 e. The summed E-state index contributed by atoms with van der Waals surface area (Å²) in [4.78, 5) is 0. The lowest BCUT2D eigenvalue weighted by Gasteiger charge is -2.12. The maximum Gasteiger partial charge on any atom is 0.112 e. The lowest BCUT2D eigenvalue weighted by molar-refractivity contribution is 0.584. The van der Waals surface area contributed by atoms with E-state index < -0.39 is 7.14 Å². The summed E-state index contributed by atoms with van der Waals surface area (Å²) in [5.74, 6) is 0. The van der Waals surface area contributed by atoms with Crippen molar-refractivity contribution in [1.82, 2.24) is 0 Å². The van der Waals surface area contributed by atoms with E-state index >= 15 is 0 Å². The summed E-state index contributed by atoms with van der Waals surface area (Å²) < 4.78 is 12.2. The van der Waals surface area contributed by atoms with Crippen LogP contribution in [-0.2, 0) is 4.57 Å². The molecule has 1 rings (SSSR count). The molecule has 0 bridgehead atoms. The molecule has 0 aromatic heterocycles. The summed E-state index contributed by atoms with van der Waals surface area (Å²) in [6, 6.07) is 8.03. The molecular formula is C11H17OP. The molecule has 2 heteroatoms. The molecule has 1 aromatic rings. The first-order chi connectivity index (χ1) is 6.06. The van der Waals surface area contributed by atoms with Crippen molar-refractivity contribution in [1.29, 1.82) is 0 Å². The van der Waals surface area contributed by atoms with E-state index in [1.807, 2.05) is 37.9 Å². The minimum Gasteiger partial charge on any atom is -0.319 e. The average molecular weight is 196 g/mol. The normalized spacial score (nSPS) is 15.3. The molecule has 0 N–H and O–H groups in total. The Balaban J connectivity index is 3.00. The quantitative estimate of drug-likeness (QED) is 0.679. The van der Waals surface area contributed by atoms with Crippen molar-refractivity contribution in [2.24, 2.45) is 0 Å². The maximum absolute atomic E-state index is 12.2. The highest BCUT2D eigenvalue weighted by molar-refractivity contribution is 7.70. The van der Waals surface area contributed by atoms with Crippen molar-refractivity contribution >= 4 is 12.4 Å². The summed E-state index contributed by atoms with van der Waals surface area (Å²) in [5.41, 5.74) is 1.19. The highest BCUT2D eigenvalue weighted by Crippen LogP contribution is 2.40. The molecule has 1 unspecified atom stereocenters. The van der Waals surface area contributed by atoms with Crippen molar-refractivity contribution in [2.75, 3.05) is 12.8 Å². The third-order valence-corrected chi connectivity index (χ3v) is 4.87. The number of rotatable bonds is 3. The van der Waals surface area contributed by atoms with Crippen LogP contribution >= 0.6 is 7.14 Å². The van der Waals surface area contributed by atoms with E-state index in [4.69, 9.17) is 0 Å². The molecule has 1 nitrogen and oxygen atoms in total. The van der Waals surface area contributed by atoms with E-state index in [1.54, 1.807) is 0 Å². The van der Waals surface area contributed by atoms with Crippen molar-refractivity contribution in [2.45, 2.75) is 20.3 Å². The van der Waals surface area contributed by atoms with Crippen LogP contribution < -0.4 is 5.30 Å². The minimum atomic E-state index is -2.07. The lowest BCUT2D eigenvalue weighted by atomic mass is 10.2. The Morgan fingerprint density at radius 1 is 1.38 bits per heavy atom. The monoisotopic (exact) mass is 196 g/mol. The number of hydrogen-bond donors (Lipinski definition) is 0. The molecule has 0 saturated heterocycles. The maximum atomic E-state index is 12.2. The van der Waals surface area contributed by atoms with Gasteiger partial charge in [0, 0.05) is 11.5 Å². The Kier molecular flexibility index (Phi) is 3.33. The Morgan fingerprint density at radius 2 is 2.08 bits per heavy atom. The summed E-state index contributed by atoms with van der Waals surface area (Å²) >= 11 is 0. The Hall–Kier alpha value is -0.550. The van der Waals surface area contributed by atoms with E-state index in [9.17, 15) is 4.57 Å². The SMILES string of the molecule is CCCP(C)(=O)c1cccc(C)c1. The average Bonchev–Trinajstić information content (AvgIpc) is 2.04. The molecule has 72 valence electrons. The predicted molar refractivity (Wildman–Crippen MR) is 59.5 cm³/mol. The van der Waals surface area contributed by atoms with Gasteiger partial charge in [0.25, 0.3) is 0 Å². The second-order valence-corrected chi connectivity index (χ2v) is 6.83. The van der Waals surface area contributed by atoms with Crippen LogP contribution in [0.4, 0.5) is 0 Å². The zero-order valence-corrected chi connectivity index (χ0v) is 9.47. The van der Waals surface area contributed by atoms with Crippen LogP contribution in [0.3, 0.4) is 0 Å². The fraction of sp³-hybridized carbons (Fsp3) is 0.455. The molecule has 0 aliphatic rings. The van der Waals surface area contributed by atoms with Crippen LogP contribution in [0.5, 0.6) is 0 Å². The third-order valence-electron chi connectivity index (χ3n) is 2.20. The molecule has 0 aliphatic carbocycles. The molecule has 1 atom stereocenters. The first-order valence-electron chi connectivity index (χ1n) is 4.70. The van der Waals surface area contributed by atoms with Crippen molar-refractivity contribution < 1.29 is 4.57 Å². The van der Waals surface area contributed by atoms with Crippen molar-refractivity contribution in [3.05, 3.63) is 29.8 Å². The van der Waals surface area contributed by atoms with Gasteiger partial charge in [-0.3, -0.25) is 0 Å². The van der Waals surface area contributed by atoms with E-state index in [0.717, 1.165) is 17.9 Å². The second kappa shape index (κ2) is 4.11. The van der Waals surface area contributed by atoms with Crippen molar-refractivity contribution in [3.63, 3.8) is 0 Å². The van der Waals surface area contributed by atoms with Gasteiger partial charge in [0.05, 0.1) is 0 Å². The first kappa shape index (κ1) is 10.5. The molecule has 0 spiro atoms. The van der Waals surface area contributed by atoms with Crippen LogP contribution in [-0.4, -0.2) is 12.8 Å². The molecule has 0 aliphatic heterocycles. The summed E-state index contributed by atoms with van der Waals surface area (Å²) in [5, 5.41) is 1.02. The van der Waals surface area contributed by atoms with Gasteiger partial charge in [-0.15, -0.1) is 0 Å². The van der Waals surface area contributed by atoms with E-state index in [-0.39, 0.29) is 0 Å².